The molecule has 2 heteroatoms. The topological polar surface area (TPSA) is 12.0 Å². The van der Waals surface area contributed by atoms with Gasteiger partial charge in [0.15, 0.2) is 0 Å². The fraction of sp³-hybridized carbons (Fsp3) is 0.571. The van der Waals surface area contributed by atoms with Crippen molar-refractivity contribution in [2.45, 2.75) is 39.2 Å². The third-order valence-electron chi connectivity index (χ3n) is 3.28. The van der Waals surface area contributed by atoms with E-state index < -0.39 is 0 Å². The number of nitrogens with one attached hydrogen (secondary N) is 1. The van der Waals surface area contributed by atoms with Crippen molar-refractivity contribution < 1.29 is 0 Å². The molecule has 1 aromatic rings. The zero-order valence-electron chi connectivity index (χ0n) is 10.1. The summed E-state index contributed by atoms with van der Waals surface area (Å²) >= 11 is 3.57. The molecule has 1 aliphatic carbocycles. The van der Waals surface area contributed by atoms with Gasteiger partial charge in [-0.1, -0.05) is 28.9 Å². The van der Waals surface area contributed by atoms with Gasteiger partial charge in [-0.15, -0.1) is 0 Å². The molecule has 88 valence electrons. The van der Waals surface area contributed by atoms with Crippen molar-refractivity contribution in [2.24, 2.45) is 5.92 Å². The highest BCUT2D eigenvalue weighted by atomic mass is 79.9. The third-order valence-corrected chi connectivity index (χ3v) is 3.78. The van der Waals surface area contributed by atoms with E-state index in [1.165, 1.54) is 34.9 Å². The maximum atomic E-state index is 3.69. The van der Waals surface area contributed by atoms with Crippen LogP contribution < -0.4 is 5.32 Å². The van der Waals surface area contributed by atoms with E-state index in [-0.39, 0.29) is 0 Å². The Bertz CT molecular complexity index is 358. The van der Waals surface area contributed by atoms with Gasteiger partial charge in [0.25, 0.3) is 0 Å². The molecule has 16 heavy (non-hydrogen) atoms. The Labute approximate surface area is 107 Å². The summed E-state index contributed by atoms with van der Waals surface area (Å²) in [5.74, 6) is 0.861. The molecule has 0 aromatic heterocycles. The summed E-state index contributed by atoms with van der Waals surface area (Å²) in [4.78, 5) is 0. The second-order valence-electron chi connectivity index (χ2n) is 4.77. The van der Waals surface area contributed by atoms with Gasteiger partial charge in [-0.05, 0) is 61.9 Å². The predicted octanol–water partition coefficient (Wildman–Crippen LogP) is 4.21. The van der Waals surface area contributed by atoms with E-state index in [0.29, 0.717) is 6.04 Å². The normalized spacial score (nSPS) is 17.4. The summed E-state index contributed by atoms with van der Waals surface area (Å²) in [6.45, 7) is 5.56. The van der Waals surface area contributed by atoms with Gasteiger partial charge >= 0.3 is 0 Å². The highest BCUT2D eigenvalue weighted by Gasteiger charge is 2.32. The van der Waals surface area contributed by atoms with Gasteiger partial charge in [0.1, 0.15) is 0 Å². The minimum Gasteiger partial charge on any atom is -0.310 e. The van der Waals surface area contributed by atoms with Gasteiger partial charge in [-0.25, -0.2) is 0 Å². The number of hydrogen-bond acceptors (Lipinski definition) is 1. The van der Waals surface area contributed by atoms with Crippen LogP contribution in [0.5, 0.6) is 0 Å². The van der Waals surface area contributed by atoms with E-state index in [0.717, 1.165) is 12.5 Å². The van der Waals surface area contributed by atoms with Crippen LogP contribution in [-0.2, 0) is 0 Å². The Hall–Kier alpha value is -0.340. The van der Waals surface area contributed by atoms with Crippen LogP contribution in [0.4, 0.5) is 0 Å². The average molecular weight is 282 g/mol. The molecule has 0 spiro atoms. The van der Waals surface area contributed by atoms with E-state index in [1.54, 1.807) is 0 Å². The summed E-state index contributed by atoms with van der Waals surface area (Å²) < 4.78 is 1.19. The van der Waals surface area contributed by atoms with Crippen LogP contribution in [0.15, 0.2) is 22.7 Å². The van der Waals surface area contributed by atoms with Gasteiger partial charge < -0.3 is 5.32 Å². The van der Waals surface area contributed by atoms with Gasteiger partial charge in [0, 0.05) is 10.5 Å². The van der Waals surface area contributed by atoms with Crippen molar-refractivity contribution >= 4 is 15.9 Å². The first-order valence-corrected chi connectivity index (χ1v) is 7.01. The molecule has 1 nitrogen and oxygen atoms in total. The molecule has 1 aromatic carbocycles. The van der Waals surface area contributed by atoms with Crippen LogP contribution >= 0.6 is 15.9 Å². The number of hydrogen-bond donors (Lipinski definition) is 1. The van der Waals surface area contributed by atoms with Gasteiger partial charge in [-0.2, -0.15) is 0 Å². The number of aryl methyl sites for hydroxylation is 1. The first-order valence-electron chi connectivity index (χ1n) is 6.21. The summed E-state index contributed by atoms with van der Waals surface area (Å²) in [7, 11) is 0. The fourth-order valence-electron chi connectivity index (χ4n) is 2.21. The molecule has 0 bridgehead atoms. The number of halogens is 1. The minimum atomic E-state index is 0.567. The maximum Gasteiger partial charge on any atom is 0.0351 e. The van der Waals surface area contributed by atoms with Crippen LogP contribution in [0.2, 0.25) is 0 Å². The highest BCUT2D eigenvalue weighted by molar-refractivity contribution is 9.10. The molecule has 1 atom stereocenters. The molecular formula is C14H20BrN. The lowest BCUT2D eigenvalue weighted by Crippen LogP contribution is -2.24. The van der Waals surface area contributed by atoms with E-state index in [4.69, 9.17) is 0 Å². The molecule has 1 unspecified atom stereocenters. The monoisotopic (exact) mass is 281 g/mol. The minimum absolute atomic E-state index is 0.567. The van der Waals surface area contributed by atoms with Crippen LogP contribution in [0, 0.1) is 12.8 Å². The first kappa shape index (κ1) is 12.1. The largest absolute Gasteiger partial charge is 0.310 e. The summed E-state index contributed by atoms with van der Waals surface area (Å²) in [5.41, 5.74) is 2.88. The second-order valence-corrected chi connectivity index (χ2v) is 5.69. The first-order chi connectivity index (χ1) is 7.72. The summed E-state index contributed by atoms with van der Waals surface area (Å²) in [6.07, 6.45) is 3.97. The van der Waals surface area contributed by atoms with Crippen molar-refractivity contribution in [2.75, 3.05) is 6.54 Å². The smallest absolute Gasteiger partial charge is 0.0351 e. The van der Waals surface area contributed by atoms with E-state index >= 15 is 0 Å². The van der Waals surface area contributed by atoms with Gasteiger partial charge in [-0.3, -0.25) is 0 Å². The van der Waals surface area contributed by atoms with Crippen LogP contribution in [0.1, 0.15) is 43.4 Å². The molecular weight excluding hydrogens is 262 g/mol. The molecule has 0 heterocycles. The van der Waals surface area contributed by atoms with Crippen molar-refractivity contribution in [1.29, 1.82) is 0 Å². The van der Waals surface area contributed by atoms with E-state index in [2.05, 4.69) is 53.3 Å². The van der Waals surface area contributed by atoms with Crippen LogP contribution in [0.25, 0.3) is 0 Å². The van der Waals surface area contributed by atoms with Crippen molar-refractivity contribution in [3.8, 4) is 0 Å². The Morgan fingerprint density at radius 2 is 2.19 bits per heavy atom. The summed E-state index contributed by atoms with van der Waals surface area (Å²) in [6, 6.07) is 7.18. The second kappa shape index (κ2) is 5.33. The van der Waals surface area contributed by atoms with Crippen LogP contribution in [0.3, 0.4) is 0 Å². The van der Waals surface area contributed by atoms with Crippen molar-refractivity contribution in [3.05, 3.63) is 33.8 Å². The number of rotatable bonds is 5. The Balaban J connectivity index is 2.19. The molecule has 2 rings (SSSR count). The maximum absolute atomic E-state index is 3.69. The predicted molar refractivity (Wildman–Crippen MR) is 72.6 cm³/mol. The molecule has 0 aliphatic heterocycles. The van der Waals surface area contributed by atoms with Gasteiger partial charge in [0.05, 0.1) is 0 Å². The molecule has 1 saturated carbocycles. The zero-order valence-corrected chi connectivity index (χ0v) is 11.7. The zero-order chi connectivity index (χ0) is 11.5. The van der Waals surface area contributed by atoms with Crippen molar-refractivity contribution in [3.63, 3.8) is 0 Å². The standard InChI is InChI=1S/C14H20BrN/c1-3-8-16-14(11-5-6-11)13-9-12(15)7-4-10(13)2/h4,7,9,11,14,16H,3,5-6,8H2,1-2H3. The van der Waals surface area contributed by atoms with Crippen molar-refractivity contribution in [1.82, 2.24) is 5.32 Å². The molecule has 1 N–H and O–H groups in total. The molecule has 1 aliphatic rings. The lowest BCUT2D eigenvalue weighted by molar-refractivity contribution is 0.479. The lowest BCUT2D eigenvalue weighted by atomic mass is 9.97. The quantitative estimate of drug-likeness (QED) is 0.853. The molecule has 0 amide bonds. The SMILES string of the molecule is CCCNC(c1cc(Br)ccc1C)C1CC1. The molecule has 1 fully saturated rings. The van der Waals surface area contributed by atoms with Gasteiger partial charge in [0.2, 0.25) is 0 Å². The number of benzene rings is 1. The molecule has 0 radical (unpaired) electrons. The average Bonchev–Trinajstić information content (AvgIpc) is 3.08. The van der Waals surface area contributed by atoms with E-state index in [1.807, 2.05) is 0 Å². The lowest BCUT2D eigenvalue weighted by Gasteiger charge is -2.20. The molecule has 0 saturated heterocycles. The van der Waals surface area contributed by atoms with E-state index in [9.17, 15) is 0 Å². The highest BCUT2D eigenvalue weighted by Crippen LogP contribution is 2.42. The Morgan fingerprint density at radius 3 is 2.81 bits per heavy atom. The fourth-order valence-corrected chi connectivity index (χ4v) is 2.59. The third kappa shape index (κ3) is 2.86. The Morgan fingerprint density at radius 1 is 1.44 bits per heavy atom. The Kier molecular flexibility index (Phi) is 4.04. The van der Waals surface area contributed by atoms with Crippen LogP contribution in [-0.4, -0.2) is 6.54 Å². The summed E-state index contributed by atoms with van der Waals surface area (Å²) in [5, 5.41) is 3.69.